The van der Waals surface area contributed by atoms with Gasteiger partial charge in [-0.15, -0.1) is 0 Å². The smallest absolute Gasteiger partial charge is 0.401 e. The van der Waals surface area contributed by atoms with Crippen molar-refractivity contribution >= 4 is 5.97 Å². The third-order valence-corrected chi connectivity index (χ3v) is 2.87. The lowest BCUT2D eigenvalue weighted by atomic mass is 10.2. The third kappa shape index (κ3) is 6.03. The summed E-state index contributed by atoms with van der Waals surface area (Å²) in [4.78, 5) is 12.0. The molecule has 1 atom stereocenters. The molecule has 0 heterocycles. The predicted octanol–water partition coefficient (Wildman–Crippen LogP) is 2.92. The van der Waals surface area contributed by atoms with E-state index in [2.05, 4.69) is 0 Å². The molecule has 0 fully saturated rings. The number of benzene rings is 1. The maximum absolute atomic E-state index is 12.5. The first-order valence-electron chi connectivity index (χ1n) is 6.49. The van der Waals surface area contributed by atoms with Crippen molar-refractivity contribution in [3.63, 3.8) is 0 Å². The Morgan fingerprint density at radius 1 is 1.38 bits per heavy atom. The minimum Gasteiger partial charge on any atom is -0.479 e. The summed E-state index contributed by atoms with van der Waals surface area (Å²) in [7, 11) is 0. The quantitative estimate of drug-likeness (QED) is 0.841. The van der Waals surface area contributed by atoms with E-state index in [-0.39, 0.29) is 18.8 Å². The number of alkyl halides is 3. The van der Waals surface area contributed by atoms with Gasteiger partial charge in [-0.1, -0.05) is 25.1 Å². The van der Waals surface area contributed by atoms with Crippen molar-refractivity contribution in [3.8, 4) is 5.75 Å². The number of halogens is 3. The molecule has 118 valence electrons. The summed E-state index contributed by atoms with van der Waals surface area (Å²) < 4.78 is 42.7. The number of carboxylic acid groups (broad SMARTS) is 1. The average Bonchev–Trinajstić information content (AvgIpc) is 2.38. The van der Waals surface area contributed by atoms with Crippen molar-refractivity contribution in [2.24, 2.45) is 0 Å². The lowest BCUT2D eigenvalue weighted by Crippen LogP contribution is -2.34. The van der Waals surface area contributed by atoms with Crippen LogP contribution in [-0.4, -0.2) is 41.3 Å². The summed E-state index contributed by atoms with van der Waals surface area (Å²) >= 11 is 0. The molecular formula is C14H18F3NO3. The second-order valence-electron chi connectivity index (χ2n) is 4.62. The molecule has 0 spiro atoms. The molecule has 1 rings (SSSR count). The second-order valence-corrected chi connectivity index (χ2v) is 4.62. The summed E-state index contributed by atoms with van der Waals surface area (Å²) in [5.41, 5.74) is 0.525. The van der Waals surface area contributed by atoms with Crippen LogP contribution in [0.3, 0.4) is 0 Å². The molecule has 0 unspecified atom stereocenters. The molecule has 4 nitrogen and oxygen atoms in total. The van der Waals surface area contributed by atoms with Crippen LogP contribution in [0, 0.1) is 0 Å². The summed E-state index contributed by atoms with van der Waals surface area (Å²) in [6, 6.07) is 6.50. The van der Waals surface area contributed by atoms with E-state index in [9.17, 15) is 18.0 Å². The number of ether oxygens (including phenoxy) is 1. The fourth-order valence-corrected chi connectivity index (χ4v) is 1.76. The molecular weight excluding hydrogens is 287 g/mol. The molecule has 0 amide bonds. The standard InChI is InChI=1S/C14H18F3NO3/c1-3-18(9-14(15,16)17)8-11-6-4-5-7-12(11)21-10(2)13(19)20/h4-7,10H,3,8-9H2,1-2H3,(H,19,20)/t10-/m1/s1. The van der Waals surface area contributed by atoms with Gasteiger partial charge in [-0.2, -0.15) is 13.2 Å². The lowest BCUT2D eigenvalue weighted by Gasteiger charge is -2.23. The normalized spacial score (nSPS) is 13.2. The van der Waals surface area contributed by atoms with Gasteiger partial charge in [0.15, 0.2) is 6.10 Å². The Hall–Kier alpha value is -1.76. The number of hydrogen-bond acceptors (Lipinski definition) is 3. The molecule has 0 radical (unpaired) electrons. The first-order valence-corrected chi connectivity index (χ1v) is 6.49. The topological polar surface area (TPSA) is 49.8 Å². The van der Waals surface area contributed by atoms with E-state index in [1.54, 1.807) is 31.2 Å². The van der Waals surface area contributed by atoms with Gasteiger partial charge in [-0.3, -0.25) is 4.90 Å². The number of rotatable bonds is 7. The number of aliphatic carboxylic acids is 1. The van der Waals surface area contributed by atoms with Crippen LogP contribution in [0.1, 0.15) is 19.4 Å². The molecule has 1 aromatic rings. The largest absolute Gasteiger partial charge is 0.479 e. The molecule has 0 aliphatic rings. The number of carboxylic acids is 1. The van der Waals surface area contributed by atoms with Gasteiger partial charge in [0.1, 0.15) is 5.75 Å². The van der Waals surface area contributed by atoms with E-state index in [0.29, 0.717) is 5.56 Å². The van der Waals surface area contributed by atoms with Crippen LogP contribution in [0.2, 0.25) is 0 Å². The number of carbonyl (C=O) groups is 1. The monoisotopic (exact) mass is 305 g/mol. The SMILES string of the molecule is CCN(Cc1ccccc1O[C@H](C)C(=O)O)CC(F)(F)F. The Morgan fingerprint density at radius 3 is 2.52 bits per heavy atom. The Kier molecular flexibility index (Phi) is 6.02. The van der Waals surface area contributed by atoms with Gasteiger partial charge in [0.2, 0.25) is 0 Å². The van der Waals surface area contributed by atoms with Gasteiger partial charge in [0.25, 0.3) is 0 Å². The molecule has 1 N–H and O–H groups in total. The first-order chi connectivity index (χ1) is 9.73. The fourth-order valence-electron chi connectivity index (χ4n) is 1.76. The molecule has 1 aromatic carbocycles. The minimum absolute atomic E-state index is 0.0402. The highest BCUT2D eigenvalue weighted by atomic mass is 19.4. The van der Waals surface area contributed by atoms with Crippen molar-refractivity contribution in [2.75, 3.05) is 13.1 Å². The van der Waals surface area contributed by atoms with Crippen LogP contribution in [-0.2, 0) is 11.3 Å². The van der Waals surface area contributed by atoms with Crippen molar-refractivity contribution in [1.82, 2.24) is 4.90 Å². The van der Waals surface area contributed by atoms with Gasteiger partial charge in [0, 0.05) is 12.1 Å². The molecule has 21 heavy (non-hydrogen) atoms. The van der Waals surface area contributed by atoms with E-state index >= 15 is 0 Å². The summed E-state index contributed by atoms with van der Waals surface area (Å²) in [6.07, 6.45) is -5.34. The molecule has 0 aromatic heterocycles. The Bertz CT molecular complexity index is 477. The fraction of sp³-hybridized carbons (Fsp3) is 0.500. The van der Waals surface area contributed by atoms with Gasteiger partial charge in [-0.25, -0.2) is 4.79 Å². The van der Waals surface area contributed by atoms with E-state index in [4.69, 9.17) is 9.84 Å². The summed E-state index contributed by atoms with van der Waals surface area (Å²) in [5.74, 6) is -0.847. The van der Waals surface area contributed by atoms with Gasteiger partial charge < -0.3 is 9.84 Å². The zero-order valence-corrected chi connectivity index (χ0v) is 11.9. The van der Waals surface area contributed by atoms with Crippen molar-refractivity contribution < 1.29 is 27.8 Å². The zero-order valence-electron chi connectivity index (χ0n) is 11.9. The highest BCUT2D eigenvalue weighted by Crippen LogP contribution is 2.23. The van der Waals surface area contributed by atoms with Crippen LogP contribution in [0.5, 0.6) is 5.75 Å². The van der Waals surface area contributed by atoms with Gasteiger partial charge in [0.05, 0.1) is 6.54 Å². The molecule has 0 bridgehead atoms. The predicted molar refractivity (Wildman–Crippen MR) is 71.2 cm³/mol. The van der Waals surface area contributed by atoms with Crippen LogP contribution < -0.4 is 4.74 Å². The molecule has 0 saturated carbocycles. The Morgan fingerprint density at radius 2 is 2.00 bits per heavy atom. The van der Waals surface area contributed by atoms with E-state index < -0.39 is 24.8 Å². The summed E-state index contributed by atoms with van der Waals surface area (Å²) in [6.45, 7) is 2.24. The number of para-hydroxylation sites is 1. The van der Waals surface area contributed by atoms with Crippen molar-refractivity contribution in [3.05, 3.63) is 29.8 Å². The van der Waals surface area contributed by atoms with E-state index in [1.807, 2.05) is 0 Å². The number of nitrogens with zero attached hydrogens (tertiary/aromatic N) is 1. The highest BCUT2D eigenvalue weighted by Gasteiger charge is 2.30. The highest BCUT2D eigenvalue weighted by molar-refractivity contribution is 5.72. The second kappa shape index (κ2) is 7.31. The van der Waals surface area contributed by atoms with Crippen LogP contribution >= 0.6 is 0 Å². The average molecular weight is 305 g/mol. The molecule has 7 heteroatoms. The Balaban J connectivity index is 2.84. The van der Waals surface area contributed by atoms with Gasteiger partial charge in [-0.05, 0) is 19.5 Å². The minimum atomic E-state index is -4.28. The maximum Gasteiger partial charge on any atom is 0.401 e. The lowest BCUT2D eigenvalue weighted by molar-refractivity contribution is -0.146. The van der Waals surface area contributed by atoms with Gasteiger partial charge >= 0.3 is 12.1 Å². The van der Waals surface area contributed by atoms with Crippen molar-refractivity contribution in [1.29, 1.82) is 0 Å². The van der Waals surface area contributed by atoms with E-state index in [0.717, 1.165) is 0 Å². The maximum atomic E-state index is 12.5. The molecule has 0 saturated heterocycles. The molecule has 0 aliphatic carbocycles. The first kappa shape index (κ1) is 17.3. The number of hydrogen-bond donors (Lipinski definition) is 1. The summed E-state index contributed by atoms with van der Waals surface area (Å²) in [5, 5.41) is 8.83. The zero-order chi connectivity index (χ0) is 16.0. The van der Waals surface area contributed by atoms with E-state index in [1.165, 1.54) is 11.8 Å². The van der Waals surface area contributed by atoms with Crippen LogP contribution in [0.25, 0.3) is 0 Å². The van der Waals surface area contributed by atoms with Crippen molar-refractivity contribution in [2.45, 2.75) is 32.7 Å². The van der Waals surface area contributed by atoms with Crippen LogP contribution in [0.15, 0.2) is 24.3 Å². The third-order valence-electron chi connectivity index (χ3n) is 2.87. The Labute approximate surface area is 121 Å². The van der Waals surface area contributed by atoms with Crippen LogP contribution in [0.4, 0.5) is 13.2 Å². The molecule has 0 aliphatic heterocycles.